The quantitative estimate of drug-likeness (QED) is 0.639. The van der Waals surface area contributed by atoms with Gasteiger partial charge in [0.25, 0.3) is 10.0 Å². The molecule has 0 aliphatic heterocycles. The first-order valence-corrected chi connectivity index (χ1v) is 7.08. The highest BCUT2D eigenvalue weighted by Crippen LogP contribution is 2.23. The van der Waals surface area contributed by atoms with E-state index in [1.165, 1.54) is 12.1 Å². The molecule has 0 spiro atoms. The minimum absolute atomic E-state index is 0.228. The Morgan fingerprint density at radius 1 is 1.29 bits per heavy atom. The topological polar surface area (TPSA) is 135 Å². The van der Waals surface area contributed by atoms with Crippen LogP contribution in [0.25, 0.3) is 0 Å². The average molecular weight is 310 g/mol. The summed E-state index contributed by atoms with van der Waals surface area (Å²) in [5, 5.41) is 20.0. The Kier molecular flexibility index (Phi) is 3.72. The Balaban J connectivity index is 2.34. The van der Waals surface area contributed by atoms with E-state index in [9.17, 15) is 23.6 Å². The SMILES string of the molecule is Cc1ccc(O)c(NS(=O)(=O)c2ccc([N+](=O)[O-])nc2)n1. The smallest absolute Gasteiger partial charge is 0.363 e. The Hall–Kier alpha value is -2.75. The molecular weight excluding hydrogens is 300 g/mol. The number of aromatic hydroxyl groups is 1. The zero-order valence-corrected chi connectivity index (χ0v) is 11.5. The van der Waals surface area contributed by atoms with Crippen LogP contribution in [-0.2, 0) is 10.0 Å². The molecule has 0 radical (unpaired) electrons. The average Bonchev–Trinajstić information content (AvgIpc) is 2.43. The number of nitro groups is 1. The molecule has 21 heavy (non-hydrogen) atoms. The summed E-state index contributed by atoms with van der Waals surface area (Å²) in [7, 11) is -4.05. The van der Waals surface area contributed by atoms with E-state index < -0.39 is 20.8 Å². The Labute approximate surface area is 119 Å². The van der Waals surface area contributed by atoms with Crippen molar-refractivity contribution in [3.63, 3.8) is 0 Å². The molecule has 2 heterocycles. The van der Waals surface area contributed by atoms with Crippen molar-refractivity contribution in [1.82, 2.24) is 9.97 Å². The van der Waals surface area contributed by atoms with Gasteiger partial charge in [-0.15, -0.1) is 0 Å². The van der Waals surface area contributed by atoms with Crippen LogP contribution in [0.2, 0.25) is 0 Å². The van der Waals surface area contributed by atoms with Gasteiger partial charge in [-0.05, 0) is 35.0 Å². The van der Waals surface area contributed by atoms with Crippen LogP contribution >= 0.6 is 0 Å². The molecule has 0 amide bonds. The van der Waals surface area contributed by atoms with Gasteiger partial charge in [0.1, 0.15) is 4.90 Å². The Morgan fingerprint density at radius 2 is 2.00 bits per heavy atom. The number of nitrogens with zero attached hydrogens (tertiary/aromatic N) is 3. The van der Waals surface area contributed by atoms with E-state index in [4.69, 9.17) is 0 Å². The first kappa shape index (κ1) is 14.7. The maximum absolute atomic E-state index is 12.1. The van der Waals surface area contributed by atoms with E-state index in [0.717, 1.165) is 18.3 Å². The van der Waals surface area contributed by atoms with Crippen LogP contribution in [0, 0.1) is 17.0 Å². The van der Waals surface area contributed by atoms with E-state index in [0.29, 0.717) is 5.69 Å². The summed E-state index contributed by atoms with van der Waals surface area (Å²) < 4.78 is 26.2. The van der Waals surface area contributed by atoms with Crippen molar-refractivity contribution < 1.29 is 18.4 Å². The number of hydrogen-bond acceptors (Lipinski definition) is 7. The van der Waals surface area contributed by atoms with Gasteiger partial charge in [-0.1, -0.05) is 0 Å². The summed E-state index contributed by atoms with van der Waals surface area (Å²) in [6.45, 7) is 1.63. The summed E-state index contributed by atoms with van der Waals surface area (Å²) in [4.78, 5) is 16.7. The van der Waals surface area contributed by atoms with Crippen LogP contribution < -0.4 is 4.72 Å². The fourth-order valence-electron chi connectivity index (χ4n) is 1.45. The number of pyridine rings is 2. The predicted molar refractivity (Wildman–Crippen MR) is 72.3 cm³/mol. The number of aryl methyl sites for hydroxylation is 1. The minimum atomic E-state index is -4.05. The van der Waals surface area contributed by atoms with Gasteiger partial charge in [0.15, 0.2) is 17.8 Å². The first-order valence-electron chi connectivity index (χ1n) is 5.59. The summed E-state index contributed by atoms with van der Waals surface area (Å²) in [5.74, 6) is -1.03. The van der Waals surface area contributed by atoms with E-state index >= 15 is 0 Å². The molecule has 0 atom stereocenters. The maximum Gasteiger partial charge on any atom is 0.363 e. The fraction of sp³-hybridized carbons (Fsp3) is 0.0909. The van der Waals surface area contributed by atoms with Crippen LogP contribution in [0.5, 0.6) is 5.75 Å². The third-order valence-corrected chi connectivity index (χ3v) is 3.79. The van der Waals surface area contributed by atoms with Crippen molar-refractivity contribution in [2.75, 3.05) is 4.72 Å². The Bertz CT molecular complexity index is 789. The number of anilines is 1. The van der Waals surface area contributed by atoms with Crippen molar-refractivity contribution in [2.45, 2.75) is 11.8 Å². The normalized spacial score (nSPS) is 11.1. The van der Waals surface area contributed by atoms with Gasteiger partial charge < -0.3 is 15.2 Å². The molecule has 0 aromatic carbocycles. The molecule has 0 saturated carbocycles. The molecule has 0 unspecified atom stereocenters. The highest BCUT2D eigenvalue weighted by Gasteiger charge is 2.20. The molecule has 0 aliphatic rings. The molecule has 2 N–H and O–H groups in total. The maximum atomic E-state index is 12.1. The van der Waals surface area contributed by atoms with E-state index in [1.54, 1.807) is 6.92 Å². The molecule has 0 saturated heterocycles. The molecule has 9 nitrogen and oxygen atoms in total. The number of sulfonamides is 1. The molecule has 0 aliphatic carbocycles. The number of rotatable bonds is 4. The standard InChI is InChI=1S/C11H10N4O5S/c1-7-2-4-9(16)11(13-7)14-21(19,20)8-3-5-10(12-6-8)15(17)18/h2-6,16H,1H3,(H,13,14). The fourth-order valence-corrected chi connectivity index (χ4v) is 2.41. The van der Waals surface area contributed by atoms with Gasteiger partial charge in [0.2, 0.25) is 0 Å². The van der Waals surface area contributed by atoms with Crippen molar-refractivity contribution in [3.05, 3.63) is 46.3 Å². The van der Waals surface area contributed by atoms with Gasteiger partial charge in [0, 0.05) is 11.8 Å². The van der Waals surface area contributed by atoms with Gasteiger partial charge in [-0.3, -0.25) is 4.72 Å². The van der Waals surface area contributed by atoms with E-state index in [-0.39, 0.29) is 16.5 Å². The second-order valence-corrected chi connectivity index (χ2v) is 5.72. The van der Waals surface area contributed by atoms with Crippen LogP contribution in [0.3, 0.4) is 0 Å². The number of hydrogen-bond donors (Lipinski definition) is 2. The van der Waals surface area contributed by atoms with Crippen LogP contribution in [0.1, 0.15) is 5.69 Å². The molecular formula is C11H10N4O5S. The van der Waals surface area contributed by atoms with Crippen LogP contribution in [0.4, 0.5) is 11.6 Å². The summed E-state index contributed by atoms with van der Waals surface area (Å²) in [6.07, 6.45) is 0.854. The number of nitrogens with one attached hydrogen (secondary N) is 1. The second kappa shape index (κ2) is 5.32. The first-order chi connectivity index (χ1) is 9.79. The summed E-state index contributed by atoms with van der Waals surface area (Å²) in [5.41, 5.74) is 0.507. The van der Waals surface area contributed by atoms with Gasteiger partial charge in [-0.25, -0.2) is 13.4 Å². The van der Waals surface area contributed by atoms with Crippen molar-refractivity contribution in [1.29, 1.82) is 0 Å². The van der Waals surface area contributed by atoms with Gasteiger partial charge >= 0.3 is 5.82 Å². The second-order valence-electron chi connectivity index (χ2n) is 4.04. The molecule has 10 heteroatoms. The molecule has 0 bridgehead atoms. The summed E-state index contributed by atoms with van der Waals surface area (Å²) >= 11 is 0. The third kappa shape index (κ3) is 3.23. The predicted octanol–water partition coefficient (Wildman–Crippen LogP) is 1.20. The lowest BCUT2D eigenvalue weighted by Crippen LogP contribution is -2.14. The zero-order chi connectivity index (χ0) is 15.6. The van der Waals surface area contributed by atoms with Crippen molar-refractivity contribution in [2.24, 2.45) is 0 Å². The van der Waals surface area contributed by atoms with E-state index in [2.05, 4.69) is 14.7 Å². The molecule has 2 aromatic rings. The lowest BCUT2D eigenvalue weighted by molar-refractivity contribution is -0.389. The number of aromatic nitrogens is 2. The molecule has 2 aromatic heterocycles. The summed E-state index contributed by atoms with van der Waals surface area (Å²) in [6, 6.07) is 4.83. The lowest BCUT2D eigenvalue weighted by atomic mass is 10.3. The van der Waals surface area contributed by atoms with Crippen LogP contribution in [0.15, 0.2) is 35.4 Å². The Morgan fingerprint density at radius 3 is 2.57 bits per heavy atom. The largest absolute Gasteiger partial charge is 0.504 e. The van der Waals surface area contributed by atoms with Crippen molar-refractivity contribution >= 4 is 21.7 Å². The van der Waals surface area contributed by atoms with Gasteiger partial charge in [0.05, 0.1) is 0 Å². The minimum Gasteiger partial charge on any atom is -0.504 e. The molecule has 2 rings (SSSR count). The highest BCUT2D eigenvalue weighted by molar-refractivity contribution is 7.92. The van der Waals surface area contributed by atoms with Gasteiger partial charge in [-0.2, -0.15) is 0 Å². The highest BCUT2D eigenvalue weighted by atomic mass is 32.2. The van der Waals surface area contributed by atoms with Crippen LogP contribution in [-0.4, -0.2) is 28.4 Å². The third-order valence-electron chi connectivity index (χ3n) is 2.46. The monoisotopic (exact) mass is 310 g/mol. The molecule has 110 valence electrons. The van der Waals surface area contributed by atoms with E-state index in [1.807, 2.05) is 0 Å². The zero-order valence-electron chi connectivity index (χ0n) is 10.7. The molecule has 0 fully saturated rings. The van der Waals surface area contributed by atoms with Crippen molar-refractivity contribution in [3.8, 4) is 5.75 Å². The lowest BCUT2D eigenvalue weighted by Gasteiger charge is -2.08.